The molecule has 0 aliphatic heterocycles. The van der Waals surface area contributed by atoms with Crippen molar-refractivity contribution in [2.45, 2.75) is 16.1 Å². The zero-order valence-corrected chi connectivity index (χ0v) is 11.2. The highest BCUT2D eigenvalue weighted by Crippen LogP contribution is 2.33. The quantitative estimate of drug-likeness (QED) is 0.813. The highest BCUT2D eigenvalue weighted by atomic mass is 79.9. The predicted molar refractivity (Wildman–Crippen MR) is 65.3 cm³/mol. The molecule has 2 rings (SSSR count). The molecule has 0 unspecified atom stereocenters. The second-order valence-corrected chi connectivity index (χ2v) is 5.20. The van der Waals surface area contributed by atoms with Crippen LogP contribution >= 0.6 is 27.7 Å². The largest absolute Gasteiger partial charge is 0.435 e. The van der Waals surface area contributed by atoms with Gasteiger partial charge in [-0.2, -0.15) is 13.2 Å². The molecular weight excluding hydrogens is 329 g/mol. The first-order chi connectivity index (χ1) is 8.47. The molecule has 0 saturated heterocycles. The summed E-state index contributed by atoms with van der Waals surface area (Å²) in [5.74, 6) is 0. The fourth-order valence-electron chi connectivity index (χ4n) is 1.17. The second kappa shape index (κ2) is 5.27. The summed E-state index contributed by atoms with van der Waals surface area (Å²) in [5, 5.41) is 7.13. The van der Waals surface area contributed by atoms with Crippen LogP contribution in [-0.2, 0) is 6.18 Å². The fourth-order valence-corrected chi connectivity index (χ4v) is 2.45. The molecule has 0 fully saturated rings. The number of halogens is 4. The summed E-state index contributed by atoms with van der Waals surface area (Å²) >= 11 is 4.60. The van der Waals surface area contributed by atoms with Crippen molar-refractivity contribution in [1.29, 1.82) is 0 Å². The average molecular weight is 335 g/mol. The number of nitrogens with zero attached hydrogens (tertiary/aromatic N) is 2. The third-order valence-corrected chi connectivity index (χ3v) is 3.94. The van der Waals surface area contributed by atoms with Gasteiger partial charge >= 0.3 is 6.18 Å². The predicted octanol–water partition coefficient (Wildman–Crippen LogP) is 4.41. The van der Waals surface area contributed by atoms with Gasteiger partial charge in [0.25, 0.3) is 0 Å². The fraction of sp³-hybridized carbons (Fsp3) is 0.0909. The Morgan fingerprint density at radius 3 is 2.28 bits per heavy atom. The molecule has 0 atom stereocenters. The molecule has 18 heavy (non-hydrogen) atoms. The summed E-state index contributed by atoms with van der Waals surface area (Å²) in [6, 6.07) is 9.61. The third kappa shape index (κ3) is 3.23. The summed E-state index contributed by atoms with van der Waals surface area (Å²) < 4.78 is 37.7. The molecule has 1 heterocycles. The SMILES string of the molecule is FC(F)(F)c1ccc(Sc2ccccc2Br)nn1. The summed E-state index contributed by atoms with van der Waals surface area (Å²) in [6.07, 6.45) is -4.45. The van der Waals surface area contributed by atoms with E-state index in [4.69, 9.17) is 0 Å². The van der Waals surface area contributed by atoms with Crippen LogP contribution < -0.4 is 0 Å². The van der Waals surface area contributed by atoms with E-state index < -0.39 is 11.9 Å². The van der Waals surface area contributed by atoms with E-state index in [0.29, 0.717) is 5.03 Å². The number of aromatic nitrogens is 2. The Bertz CT molecular complexity index is 543. The Morgan fingerprint density at radius 2 is 1.72 bits per heavy atom. The molecule has 2 nitrogen and oxygen atoms in total. The Hall–Kier alpha value is -1.08. The topological polar surface area (TPSA) is 25.8 Å². The Labute approximate surface area is 114 Å². The highest BCUT2D eigenvalue weighted by molar-refractivity contribution is 9.10. The molecule has 1 aromatic heterocycles. The lowest BCUT2D eigenvalue weighted by atomic mass is 10.4. The summed E-state index contributed by atoms with van der Waals surface area (Å²) in [4.78, 5) is 0.867. The van der Waals surface area contributed by atoms with Gasteiger partial charge in [-0.25, -0.2) is 0 Å². The molecule has 0 amide bonds. The standard InChI is InChI=1S/C11H6BrF3N2S/c12-7-3-1-2-4-8(7)18-10-6-5-9(16-17-10)11(13,14)15/h1-6H. The molecule has 0 bridgehead atoms. The van der Waals surface area contributed by atoms with Gasteiger partial charge in [-0.05, 0) is 40.2 Å². The van der Waals surface area contributed by atoms with Crippen molar-refractivity contribution in [3.8, 4) is 0 Å². The van der Waals surface area contributed by atoms with Crippen LogP contribution in [0.1, 0.15) is 5.69 Å². The van der Waals surface area contributed by atoms with Crippen molar-refractivity contribution in [2.75, 3.05) is 0 Å². The van der Waals surface area contributed by atoms with E-state index in [-0.39, 0.29) is 0 Å². The lowest BCUT2D eigenvalue weighted by molar-refractivity contribution is -0.141. The number of benzene rings is 1. The molecule has 7 heteroatoms. The van der Waals surface area contributed by atoms with Gasteiger partial charge in [0.2, 0.25) is 0 Å². The lowest BCUT2D eigenvalue weighted by Crippen LogP contribution is -2.08. The number of hydrogen-bond donors (Lipinski definition) is 0. The Kier molecular flexibility index (Phi) is 3.91. The molecule has 0 aliphatic carbocycles. The number of hydrogen-bond acceptors (Lipinski definition) is 3. The highest BCUT2D eigenvalue weighted by Gasteiger charge is 2.32. The van der Waals surface area contributed by atoms with Crippen LogP contribution in [0.25, 0.3) is 0 Å². The normalized spacial score (nSPS) is 11.6. The van der Waals surface area contributed by atoms with Gasteiger partial charge in [-0.3, -0.25) is 0 Å². The van der Waals surface area contributed by atoms with Gasteiger partial charge in [-0.1, -0.05) is 23.9 Å². The number of rotatable bonds is 2. The first-order valence-electron chi connectivity index (χ1n) is 4.80. The van der Waals surface area contributed by atoms with Crippen LogP contribution in [0, 0.1) is 0 Å². The van der Waals surface area contributed by atoms with E-state index in [1.807, 2.05) is 24.3 Å². The van der Waals surface area contributed by atoms with Crippen molar-refractivity contribution >= 4 is 27.7 Å². The van der Waals surface area contributed by atoms with Crippen molar-refractivity contribution in [3.63, 3.8) is 0 Å². The van der Waals surface area contributed by atoms with Gasteiger partial charge in [-0.15, -0.1) is 10.2 Å². The molecule has 1 aromatic carbocycles. The van der Waals surface area contributed by atoms with Crippen molar-refractivity contribution in [3.05, 3.63) is 46.6 Å². The molecule has 2 aromatic rings. The van der Waals surface area contributed by atoms with E-state index in [2.05, 4.69) is 26.1 Å². The maximum absolute atomic E-state index is 12.3. The molecule has 0 aliphatic rings. The first-order valence-corrected chi connectivity index (χ1v) is 6.41. The van der Waals surface area contributed by atoms with Crippen molar-refractivity contribution in [2.24, 2.45) is 0 Å². The molecule has 0 spiro atoms. The zero-order chi connectivity index (χ0) is 13.2. The van der Waals surface area contributed by atoms with Crippen LogP contribution in [0.15, 0.2) is 50.8 Å². The van der Waals surface area contributed by atoms with Crippen molar-refractivity contribution < 1.29 is 13.2 Å². The zero-order valence-electron chi connectivity index (χ0n) is 8.78. The molecule has 0 N–H and O–H groups in total. The minimum absolute atomic E-state index is 0.412. The van der Waals surface area contributed by atoms with Gasteiger partial charge in [0.05, 0.1) is 0 Å². The summed E-state index contributed by atoms with van der Waals surface area (Å²) in [5.41, 5.74) is -0.987. The van der Waals surface area contributed by atoms with E-state index in [1.54, 1.807) is 0 Å². The van der Waals surface area contributed by atoms with Crippen LogP contribution in [0.4, 0.5) is 13.2 Å². The van der Waals surface area contributed by atoms with Crippen LogP contribution in [0.2, 0.25) is 0 Å². The molecule has 0 radical (unpaired) electrons. The van der Waals surface area contributed by atoms with Crippen molar-refractivity contribution in [1.82, 2.24) is 10.2 Å². The van der Waals surface area contributed by atoms with E-state index >= 15 is 0 Å². The van der Waals surface area contributed by atoms with Gasteiger partial charge in [0.1, 0.15) is 5.03 Å². The van der Waals surface area contributed by atoms with Crippen LogP contribution in [0.3, 0.4) is 0 Å². The number of alkyl halides is 3. The van der Waals surface area contributed by atoms with Crippen LogP contribution in [-0.4, -0.2) is 10.2 Å². The first kappa shape index (κ1) is 13.4. The summed E-state index contributed by atoms with van der Waals surface area (Å²) in [6.45, 7) is 0. The smallest absolute Gasteiger partial charge is 0.164 e. The van der Waals surface area contributed by atoms with Gasteiger partial charge < -0.3 is 0 Å². The minimum Gasteiger partial charge on any atom is -0.164 e. The van der Waals surface area contributed by atoms with E-state index in [1.165, 1.54) is 17.8 Å². The van der Waals surface area contributed by atoms with E-state index in [0.717, 1.165) is 15.4 Å². The maximum atomic E-state index is 12.3. The summed E-state index contributed by atoms with van der Waals surface area (Å²) in [7, 11) is 0. The Morgan fingerprint density at radius 1 is 1.00 bits per heavy atom. The second-order valence-electron chi connectivity index (χ2n) is 3.29. The average Bonchev–Trinajstić information content (AvgIpc) is 2.32. The monoisotopic (exact) mass is 334 g/mol. The Balaban J connectivity index is 2.19. The maximum Gasteiger partial charge on any atom is 0.435 e. The molecular formula is C11H6BrF3N2S. The third-order valence-electron chi connectivity index (χ3n) is 1.98. The van der Waals surface area contributed by atoms with Crippen LogP contribution in [0.5, 0.6) is 0 Å². The molecule has 0 saturated carbocycles. The molecule has 94 valence electrons. The van der Waals surface area contributed by atoms with Gasteiger partial charge in [0.15, 0.2) is 5.69 Å². The minimum atomic E-state index is -4.45. The van der Waals surface area contributed by atoms with E-state index in [9.17, 15) is 13.2 Å². The lowest BCUT2D eigenvalue weighted by Gasteiger charge is -2.05. The van der Waals surface area contributed by atoms with Gasteiger partial charge in [0, 0.05) is 9.37 Å².